The van der Waals surface area contributed by atoms with E-state index >= 15 is 0 Å². The monoisotopic (exact) mass is 341 g/mol. The van der Waals surface area contributed by atoms with Gasteiger partial charge in [-0.05, 0) is 36.4 Å². The van der Waals surface area contributed by atoms with Gasteiger partial charge in [-0.25, -0.2) is 9.78 Å². The third kappa shape index (κ3) is 4.13. The van der Waals surface area contributed by atoms with Crippen molar-refractivity contribution in [1.82, 2.24) is 4.98 Å². The zero-order chi connectivity index (χ0) is 17.6. The number of esters is 1. The molecule has 0 bridgehead atoms. The van der Waals surface area contributed by atoms with Crippen molar-refractivity contribution >= 4 is 23.3 Å². The Morgan fingerprint density at radius 2 is 1.84 bits per heavy atom. The second kappa shape index (κ2) is 7.76. The standard InChI is InChI=1S/C18H19N3O4/c1-24-18(23)13-2-4-14(5-3-13)20-17(22)16-7-6-15(12-19-16)21-8-10-25-11-9-21/h2-7,12H,8-11H2,1H3,(H,20,22). The van der Waals surface area contributed by atoms with Gasteiger partial charge in [-0.3, -0.25) is 4.79 Å². The van der Waals surface area contributed by atoms with Crippen LogP contribution >= 0.6 is 0 Å². The number of ether oxygens (including phenoxy) is 2. The maximum absolute atomic E-state index is 12.3. The van der Waals surface area contributed by atoms with Crippen LogP contribution in [-0.2, 0) is 9.47 Å². The average molecular weight is 341 g/mol. The lowest BCUT2D eigenvalue weighted by Crippen LogP contribution is -2.36. The number of aromatic nitrogens is 1. The zero-order valence-electron chi connectivity index (χ0n) is 13.9. The van der Waals surface area contributed by atoms with Gasteiger partial charge in [0.25, 0.3) is 5.91 Å². The van der Waals surface area contributed by atoms with Crippen LogP contribution in [0.4, 0.5) is 11.4 Å². The van der Waals surface area contributed by atoms with Crippen molar-refractivity contribution < 1.29 is 19.1 Å². The van der Waals surface area contributed by atoms with Crippen molar-refractivity contribution in [3.05, 3.63) is 53.9 Å². The largest absolute Gasteiger partial charge is 0.465 e. The minimum absolute atomic E-state index is 0.306. The minimum Gasteiger partial charge on any atom is -0.465 e. The van der Waals surface area contributed by atoms with Gasteiger partial charge in [-0.15, -0.1) is 0 Å². The fourth-order valence-corrected chi connectivity index (χ4v) is 2.53. The number of carbonyl (C=O) groups is 2. The van der Waals surface area contributed by atoms with Crippen molar-refractivity contribution in [2.45, 2.75) is 0 Å². The minimum atomic E-state index is -0.418. The Hall–Kier alpha value is -2.93. The maximum Gasteiger partial charge on any atom is 0.337 e. The van der Waals surface area contributed by atoms with E-state index in [-0.39, 0.29) is 5.91 Å². The molecule has 0 saturated carbocycles. The van der Waals surface area contributed by atoms with E-state index in [2.05, 4.69) is 19.9 Å². The molecule has 2 heterocycles. The number of benzene rings is 1. The molecule has 130 valence electrons. The topological polar surface area (TPSA) is 80.8 Å². The van der Waals surface area contributed by atoms with E-state index in [0.717, 1.165) is 18.8 Å². The molecule has 1 aromatic heterocycles. The van der Waals surface area contributed by atoms with Gasteiger partial charge in [0.1, 0.15) is 5.69 Å². The summed E-state index contributed by atoms with van der Waals surface area (Å²) in [5.74, 6) is -0.724. The molecule has 1 aliphatic heterocycles. The summed E-state index contributed by atoms with van der Waals surface area (Å²) in [5.41, 5.74) is 2.31. The second-order valence-electron chi connectivity index (χ2n) is 5.52. The lowest BCUT2D eigenvalue weighted by molar-refractivity contribution is 0.0600. The number of rotatable bonds is 4. The van der Waals surface area contributed by atoms with Gasteiger partial charge in [0.2, 0.25) is 0 Å². The Labute approximate surface area is 145 Å². The van der Waals surface area contributed by atoms with Gasteiger partial charge < -0.3 is 19.7 Å². The van der Waals surface area contributed by atoms with Crippen molar-refractivity contribution in [2.75, 3.05) is 43.6 Å². The van der Waals surface area contributed by atoms with Crippen LogP contribution in [0.2, 0.25) is 0 Å². The molecule has 0 unspecified atom stereocenters. The summed E-state index contributed by atoms with van der Waals surface area (Å²) in [6.45, 7) is 3.03. The first-order valence-electron chi connectivity index (χ1n) is 7.96. The molecule has 7 nitrogen and oxygen atoms in total. The normalized spacial score (nSPS) is 14.0. The van der Waals surface area contributed by atoms with Gasteiger partial charge in [-0.2, -0.15) is 0 Å². The number of hydrogen-bond acceptors (Lipinski definition) is 6. The molecule has 1 aliphatic rings. The van der Waals surface area contributed by atoms with Crippen molar-refractivity contribution in [2.24, 2.45) is 0 Å². The number of morpholine rings is 1. The number of amides is 1. The average Bonchev–Trinajstić information content (AvgIpc) is 2.68. The molecule has 1 saturated heterocycles. The SMILES string of the molecule is COC(=O)c1ccc(NC(=O)c2ccc(N3CCOCC3)cn2)cc1. The Balaban J connectivity index is 1.63. The van der Waals surface area contributed by atoms with Gasteiger partial charge in [-0.1, -0.05) is 0 Å². The van der Waals surface area contributed by atoms with Crippen LogP contribution in [-0.4, -0.2) is 50.3 Å². The quantitative estimate of drug-likeness (QED) is 0.856. The third-order valence-corrected chi connectivity index (χ3v) is 3.92. The number of nitrogens with one attached hydrogen (secondary N) is 1. The van der Waals surface area contributed by atoms with Crippen LogP contribution < -0.4 is 10.2 Å². The highest BCUT2D eigenvalue weighted by molar-refractivity contribution is 6.03. The molecule has 1 N–H and O–H groups in total. The molecule has 1 fully saturated rings. The summed E-state index contributed by atoms with van der Waals surface area (Å²) in [5, 5.41) is 2.75. The Kier molecular flexibility index (Phi) is 5.25. The van der Waals surface area contributed by atoms with Gasteiger partial charge in [0, 0.05) is 18.8 Å². The fourth-order valence-electron chi connectivity index (χ4n) is 2.53. The van der Waals surface area contributed by atoms with Crippen LogP contribution in [0.25, 0.3) is 0 Å². The predicted molar refractivity (Wildman–Crippen MR) is 93.0 cm³/mol. The first-order valence-corrected chi connectivity index (χ1v) is 7.96. The van der Waals surface area contributed by atoms with Crippen LogP contribution in [0.5, 0.6) is 0 Å². The summed E-state index contributed by atoms with van der Waals surface area (Å²) >= 11 is 0. The molecular weight excluding hydrogens is 322 g/mol. The summed E-state index contributed by atoms with van der Waals surface area (Å²) in [6.07, 6.45) is 1.70. The zero-order valence-corrected chi connectivity index (χ0v) is 13.9. The number of pyridine rings is 1. The molecule has 2 aromatic rings. The molecule has 0 radical (unpaired) electrons. The summed E-state index contributed by atoms with van der Waals surface area (Å²) in [7, 11) is 1.32. The molecule has 0 spiro atoms. The predicted octanol–water partition coefficient (Wildman–Crippen LogP) is 1.96. The van der Waals surface area contributed by atoms with Crippen molar-refractivity contribution in [3.8, 4) is 0 Å². The van der Waals surface area contributed by atoms with Crippen molar-refractivity contribution in [3.63, 3.8) is 0 Å². The van der Waals surface area contributed by atoms with Crippen molar-refractivity contribution in [1.29, 1.82) is 0 Å². The van der Waals surface area contributed by atoms with E-state index in [9.17, 15) is 9.59 Å². The number of nitrogens with zero attached hydrogens (tertiary/aromatic N) is 2. The van der Waals surface area contributed by atoms with Crippen LogP contribution in [0.1, 0.15) is 20.8 Å². The summed E-state index contributed by atoms with van der Waals surface area (Å²) < 4.78 is 9.96. The van der Waals surface area contributed by atoms with Crippen LogP contribution in [0.3, 0.4) is 0 Å². The summed E-state index contributed by atoms with van der Waals surface area (Å²) in [4.78, 5) is 30.1. The van der Waals surface area contributed by atoms with E-state index in [1.165, 1.54) is 7.11 Å². The van der Waals surface area contributed by atoms with Gasteiger partial charge >= 0.3 is 5.97 Å². The van der Waals surface area contributed by atoms with E-state index in [1.54, 1.807) is 36.5 Å². The first kappa shape index (κ1) is 16.9. The lowest BCUT2D eigenvalue weighted by atomic mass is 10.2. The Bertz CT molecular complexity index is 738. The highest BCUT2D eigenvalue weighted by Crippen LogP contribution is 2.16. The van der Waals surface area contributed by atoms with Crippen LogP contribution in [0, 0.1) is 0 Å². The number of anilines is 2. The highest BCUT2D eigenvalue weighted by Gasteiger charge is 2.13. The third-order valence-electron chi connectivity index (χ3n) is 3.92. The first-order chi connectivity index (χ1) is 12.2. The van der Waals surface area contributed by atoms with E-state index < -0.39 is 5.97 Å². The van der Waals surface area contributed by atoms with Gasteiger partial charge in [0.05, 0.1) is 37.8 Å². The Morgan fingerprint density at radius 3 is 2.44 bits per heavy atom. The number of carbonyl (C=O) groups excluding carboxylic acids is 2. The molecule has 7 heteroatoms. The maximum atomic E-state index is 12.3. The van der Waals surface area contributed by atoms with E-state index in [4.69, 9.17) is 4.74 Å². The number of methoxy groups -OCH3 is 1. The van der Waals surface area contributed by atoms with E-state index in [1.807, 2.05) is 6.07 Å². The molecule has 3 rings (SSSR count). The highest BCUT2D eigenvalue weighted by atomic mass is 16.5. The molecule has 1 aromatic carbocycles. The molecular formula is C18H19N3O4. The second-order valence-corrected chi connectivity index (χ2v) is 5.52. The molecule has 0 atom stereocenters. The lowest BCUT2D eigenvalue weighted by Gasteiger charge is -2.28. The smallest absolute Gasteiger partial charge is 0.337 e. The van der Waals surface area contributed by atoms with Crippen LogP contribution in [0.15, 0.2) is 42.6 Å². The molecule has 1 amide bonds. The number of hydrogen-bond donors (Lipinski definition) is 1. The fraction of sp³-hybridized carbons (Fsp3) is 0.278. The Morgan fingerprint density at radius 1 is 1.12 bits per heavy atom. The van der Waals surface area contributed by atoms with E-state index in [0.29, 0.717) is 30.2 Å². The molecule has 0 aliphatic carbocycles. The van der Waals surface area contributed by atoms with Gasteiger partial charge in [0.15, 0.2) is 0 Å². The summed E-state index contributed by atoms with van der Waals surface area (Å²) in [6, 6.07) is 10.1. The molecule has 25 heavy (non-hydrogen) atoms.